The zero-order valence-corrected chi connectivity index (χ0v) is 15.3. The van der Waals surface area contributed by atoms with Crippen LogP contribution in [0.15, 0.2) is 12.4 Å². The lowest BCUT2D eigenvalue weighted by atomic mass is 10.1. The summed E-state index contributed by atoms with van der Waals surface area (Å²) >= 11 is -0.947. The number of hydrogen-bond donors (Lipinski definition) is 1. The Morgan fingerprint density at radius 2 is 1.76 bits per heavy atom. The van der Waals surface area contributed by atoms with Crippen LogP contribution in [0.4, 0.5) is 15.8 Å². The molecule has 0 aliphatic carbocycles. The summed E-state index contributed by atoms with van der Waals surface area (Å²) in [6.07, 6.45) is 6.57. The summed E-state index contributed by atoms with van der Waals surface area (Å²) < 4.78 is 29.5. The average Bonchev–Trinajstić information content (AvgIpc) is 2.95. The first-order valence-electron chi connectivity index (χ1n) is 9.17. The van der Waals surface area contributed by atoms with Crippen LogP contribution in [-0.4, -0.2) is 69.3 Å². The highest BCUT2D eigenvalue weighted by atomic mass is 32.2. The molecule has 5 heterocycles. The molecule has 4 aliphatic heterocycles. The molecule has 5 rings (SSSR count). The van der Waals surface area contributed by atoms with Gasteiger partial charge in [0.1, 0.15) is 5.25 Å². The van der Waals surface area contributed by atoms with Gasteiger partial charge >= 0.3 is 0 Å². The van der Waals surface area contributed by atoms with Gasteiger partial charge in [-0.25, -0.2) is 4.39 Å². The number of aromatic nitrogens is 1. The summed E-state index contributed by atoms with van der Waals surface area (Å²) in [4.78, 5) is 8.24. The number of anilines is 2. The number of fused-ring (bicyclic) bond motifs is 4. The SMILES string of the molecule is Nc1cncc(F)c1N1CCC([S+]([O-])N2CCN3CCC2CC3)CC1. The molecule has 2 N–H and O–H groups in total. The van der Waals surface area contributed by atoms with Crippen molar-refractivity contribution in [2.45, 2.75) is 37.0 Å². The van der Waals surface area contributed by atoms with Gasteiger partial charge in [0.15, 0.2) is 5.82 Å². The van der Waals surface area contributed by atoms with E-state index in [0.717, 1.165) is 51.9 Å². The monoisotopic (exact) mass is 367 g/mol. The maximum atomic E-state index is 14.1. The number of halogens is 1. The van der Waals surface area contributed by atoms with Gasteiger partial charge in [-0.2, -0.15) is 0 Å². The van der Waals surface area contributed by atoms with Crippen LogP contribution in [0.1, 0.15) is 25.7 Å². The maximum absolute atomic E-state index is 14.1. The number of piperidine rings is 2. The summed E-state index contributed by atoms with van der Waals surface area (Å²) in [5, 5.41) is 0.162. The average molecular weight is 367 g/mol. The largest absolute Gasteiger partial charge is 0.598 e. The number of nitrogens with two attached hydrogens (primary N) is 1. The molecule has 1 aromatic rings. The Morgan fingerprint density at radius 1 is 1.04 bits per heavy atom. The topological polar surface area (TPSA) is 71.7 Å². The fourth-order valence-electron chi connectivity index (χ4n) is 4.34. The number of nitrogens with zero attached hydrogens (tertiary/aromatic N) is 4. The smallest absolute Gasteiger partial charge is 0.166 e. The summed E-state index contributed by atoms with van der Waals surface area (Å²) in [6.45, 7) is 5.58. The van der Waals surface area contributed by atoms with Crippen molar-refractivity contribution in [2.75, 3.05) is 49.9 Å². The van der Waals surface area contributed by atoms with Crippen molar-refractivity contribution in [1.29, 1.82) is 0 Å². The van der Waals surface area contributed by atoms with E-state index >= 15 is 0 Å². The molecule has 2 bridgehead atoms. The molecule has 1 aromatic heterocycles. The van der Waals surface area contributed by atoms with E-state index in [9.17, 15) is 8.94 Å². The normalized spacial score (nSPS) is 29.6. The van der Waals surface area contributed by atoms with E-state index in [1.807, 2.05) is 4.90 Å². The quantitative estimate of drug-likeness (QED) is 0.810. The first kappa shape index (κ1) is 17.3. The molecule has 138 valence electrons. The summed E-state index contributed by atoms with van der Waals surface area (Å²) in [5.41, 5.74) is 6.72. The second kappa shape index (κ2) is 7.26. The Labute approximate surface area is 151 Å². The summed E-state index contributed by atoms with van der Waals surface area (Å²) in [5.74, 6) is -0.377. The summed E-state index contributed by atoms with van der Waals surface area (Å²) in [7, 11) is 0. The number of rotatable bonds is 3. The highest BCUT2D eigenvalue weighted by Gasteiger charge is 2.40. The van der Waals surface area contributed by atoms with Crippen LogP contribution in [0, 0.1) is 5.82 Å². The van der Waals surface area contributed by atoms with Crippen molar-refractivity contribution < 1.29 is 8.94 Å². The molecule has 6 nitrogen and oxygen atoms in total. The second-order valence-electron chi connectivity index (χ2n) is 7.24. The van der Waals surface area contributed by atoms with Crippen molar-refractivity contribution in [3.05, 3.63) is 18.2 Å². The zero-order valence-electron chi connectivity index (χ0n) is 14.4. The highest BCUT2D eigenvalue weighted by molar-refractivity contribution is 7.89. The molecule has 8 heteroatoms. The van der Waals surface area contributed by atoms with Gasteiger partial charge in [-0.15, -0.1) is 4.31 Å². The van der Waals surface area contributed by atoms with Crippen LogP contribution < -0.4 is 10.6 Å². The molecule has 0 aromatic carbocycles. The molecule has 1 unspecified atom stereocenters. The minimum absolute atomic E-state index is 0.162. The standard InChI is InChI=1S/C17H26FN5OS/c18-15-11-20-12-16(19)17(15)22-7-3-14(4-8-22)25(24)23-10-9-21-5-1-13(23)2-6-21/h11-14H,1-10,19H2. The van der Waals surface area contributed by atoms with E-state index in [1.54, 1.807) is 0 Å². The predicted octanol–water partition coefficient (Wildman–Crippen LogP) is 1.22. The Kier molecular flexibility index (Phi) is 5.04. The minimum Gasteiger partial charge on any atom is -0.598 e. The van der Waals surface area contributed by atoms with E-state index in [-0.39, 0.29) is 11.1 Å². The van der Waals surface area contributed by atoms with E-state index in [2.05, 4.69) is 14.2 Å². The molecular formula is C17H26FN5OS. The van der Waals surface area contributed by atoms with Crippen molar-refractivity contribution in [1.82, 2.24) is 14.2 Å². The van der Waals surface area contributed by atoms with E-state index in [4.69, 9.17) is 5.73 Å². The second-order valence-corrected chi connectivity index (χ2v) is 8.92. The van der Waals surface area contributed by atoms with Crippen LogP contribution in [0.2, 0.25) is 0 Å². The van der Waals surface area contributed by atoms with Crippen molar-refractivity contribution in [2.24, 2.45) is 0 Å². The van der Waals surface area contributed by atoms with Crippen LogP contribution in [0.5, 0.6) is 0 Å². The van der Waals surface area contributed by atoms with Gasteiger partial charge in [0.2, 0.25) is 0 Å². The molecule has 4 aliphatic rings. The lowest BCUT2D eigenvalue weighted by molar-refractivity contribution is 0.232. The van der Waals surface area contributed by atoms with Gasteiger partial charge in [-0.3, -0.25) is 4.98 Å². The summed E-state index contributed by atoms with van der Waals surface area (Å²) in [6, 6.07) is 0.464. The van der Waals surface area contributed by atoms with E-state index < -0.39 is 11.4 Å². The first-order chi connectivity index (χ1) is 12.1. The van der Waals surface area contributed by atoms with Gasteiger partial charge in [0, 0.05) is 43.8 Å². The lowest BCUT2D eigenvalue weighted by Crippen LogP contribution is -2.49. The molecule has 0 spiro atoms. The third-order valence-electron chi connectivity index (χ3n) is 5.78. The first-order valence-corrected chi connectivity index (χ1v) is 10.3. The zero-order chi connectivity index (χ0) is 17.4. The molecule has 4 saturated heterocycles. The molecule has 4 fully saturated rings. The third kappa shape index (κ3) is 3.45. The van der Waals surface area contributed by atoms with E-state index in [1.165, 1.54) is 12.4 Å². The highest BCUT2D eigenvalue weighted by Crippen LogP contribution is 2.32. The van der Waals surface area contributed by atoms with Crippen LogP contribution in [0.3, 0.4) is 0 Å². The Bertz CT molecular complexity index is 584. The fraction of sp³-hybridized carbons (Fsp3) is 0.706. The van der Waals surface area contributed by atoms with Crippen molar-refractivity contribution >= 4 is 22.7 Å². The molecular weight excluding hydrogens is 341 g/mol. The minimum atomic E-state index is -0.947. The molecule has 0 saturated carbocycles. The Morgan fingerprint density at radius 3 is 2.44 bits per heavy atom. The van der Waals surface area contributed by atoms with Crippen molar-refractivity contribution in [3.63, 3.8) is 0 Å². The van der Waals surface area contributed by atoms with Gasteiger partial charge < -0.3 is 20.1 Å². The number of hydrogen-bond acceptors (Lipinski definition) is 6. The lowest BCUT2D eigenvalue weighted by Gasteiger charge is -2.38. The van der Waals surface area contributed by atoms with Crippen LogP contribution in [-0.2, 0) is 11.4 Å². The molecule has 1 atom stereocenters. The Hall–Kier alpha value is -1.09. The van der Waals surface area contributed by atoms with Gasteiger partial charge in [-0.1, -0.05) is 0 Å². The fourth-order valence-corrected chi connectivity index (χ4v) is 6.10. The van der Waals surface area contributed by atoms with Gasteiger partial charge in [0.25, 0.3) is 0 Å². The molecule has 25 heavy (non-hydrogen) atoms. The van der Waals surface area contributed by atoms with Crippen LogP contribution >= 0.6 is 0 Å². The Balaban J connectivity index is 1.40. The van der Waals surface area contributed by atoms with Crippen molar-refractivity contribution in [3.8, 4) is 0 Å². The molecule has 0 radical (unpaired) electrons. The third-order valence-corrected chi connectivity index (χ3v) is 7.76. The van der Waals surface area contributed by atoms with E-state index in [0.29, 0.717) is 30.5 Å². The predicted molar refractivity (Wildman–Crippen MR) is 98.2 cm³/mol. The van der Waals surface area contributed by atoms with Crippen LogP contribution in [0.25, 0.3) is 0 Å². The number of pyridine rings is 1. The van der Waals surface area contributed by atoms with Gasteiger partial charge in [-0.05, 0) is 25.9 Å². The van der Waals surface area contributed by atoms with Gasteiger partial charge in [0.05, 0.1) is 36.4 Å². The molecule has 0 amide bonds. The number of nitrogen functional groups attached to an aromatic ring is 1. The maximum Gasteiger partial charge on any atom is 0.166 e.